The Kier molecular flexibility index (Phi) is 5.25. The molecule has 0 aliphatic heterocycles. The molecule has 0 aliphatic carbocycles. The summed E-state index contributed by atoms with van der Waals surface area (Å²) >= 11 is 0. The summed E-state index contributed by atoms with van der Waals surface area (Å²) in [6.07, 6.45) is 0. The van der Waals surface area contributed by atoms with Crippen molar-refractivity contribution >= 4 is 22.7 Å². The molecular weight excluding hydrogens is 280 g/mol. The van der Waals surface area contributed by atoms with Crippen molar-refractivity contribution in [2.45, 2.75) is 27.7 Å². The van der Waals surface area contributed by atoms with Crippen LogP contribution in [0.15, 0.2) is 12.1 Å². The molecule has 0 spiro atoms. The fourth-order valence-corrected chi connectivity index (χ4v) is 2.33. The summed E-state index contributed by atoms with van der Waals surface area (Å²) in [5, 5.41) is 0.780. The highest BCUT2D eigenvalue weighted by molar-refractivity contribution is 5.91. The van der Waals surface area contributed by atoms with Crippen LogP contribution in [0.1, 0.15) is 27.7 Å². The van der Waals surface area contributed by atoms with Crippen LogP contribution in [-0.2, 0) is 0 Å². The van der Waals surface area contributed by atoms with Crippen LogP contribution in [-0.4, -0.2) is 36.3 Å². The highest BCUT2D eigenvalue weighted by atomic mass is 16.5. The number of hydrogen-bond donors (Lipinski definition) is 1. The van der Waals surface area contributed by atoms with E-state index in [1.165, 1.54) is 0 Å². The van der Waals surface area contributed by atoms with Crippen LogP contribution in [0.4, 0.5) is 11.8 Å². The first-order chi connectivity index (χ1) is 10.6. The van der Waals surface area contributed by atoms with Crippen molar-refractivity contribution in [2.24, 2.45) is 0 Å². The van der Waals surface area contributed by atoms with Crippen molar-refractivity contribution in [3.8, 4) is 11.5 Å². The lowest BCUT2D eigenvalue weighted by Crippen LogP contribution is -2.24. The van der Waals surface area contributed by atoms with Crippen molar-refractivity contribution in [3.63, 3.8) is 0 Å². The Morgan fingerprint density at radius 2 is 1.55 bits per heavy atom. The van der Waals surface area contributed by atoms with Crippen molar-refractivity contribution < 1.29 is 9.47 Å². The van der Waals surface area contributed by atoms with Gasteiger partial charge in [-0.2, -0.15) is 4.98 Å². The SMILES string of the molecule is CCOc1cc2nc(N(CC)CC)nc(N)c2cc1OCC. The lowest BCUT2D eigenvalue weighted by atomic mass is 10.2. The van der Waals surface area contributed by atoms with E-state index in [-0.39, 0.29) is 0 Å². The third-order valence-corrected chi connectivity index (χ3v) is 3.42. The van der Waals surface area contributed by atoms with Crippen molar-refractivity contribution in [2.75, 3.05) is 36.9 Å². The minimum atomic E-state index is 0.455. The monoisotopic (exact) mass is 304 g/mol. The number of rotatable bonds is 7. The number of fused-ring (bicyclic) bond motifs is 1. The molecule has 0 aliphatic rings. The van der Waals surface area contributed by atoms with Crippen molar-refractivity contribution in [1.82, 2.24) is 9.97 Å². The van der Waals surface area contributed by atoms with Gasteiger partial charge in [-0.3, -0.25) is 0 Å². The topological polar surface area (TPSA) is 73.5 Å². The predicted octanol–water partition coefficient (Wildman–Crippen LogP) is 2.86. The molecule has 0 saturated heterocycles. The summed E-state index contributed by atoms with van der Waals surface area (Å²) in [4.78, 5) is 11.1. The first-order valence-corrected chi connectivity index (χ1v) is 7.76. The van der Waals surface area contributed by atoms with E-state index in [0.29, 0.717) is 36.5 Å². The minimum absolute atomic E-state index is 0.455. The fraction of sp³-hybridized carbons (Fsp3) is 0.500. The third kappa shape index (κ3) is 3.16. The number of benzene rings is 1. The molecule has 1 aromatic carbocycles. The number of nitrogens with zero attached hydrogens (tertiary/aromatic N) is 3. The number of nitrogens with two attached hydrogens (primary N) is 1. The Morgan fingerprint density at radius 1 is 0.955 bits per heavy atom. The Bertz CT molecular complexity index is 642. The fourth-order valence-electron chi connectivity index (χ4n) is 2.33. The summed E-state index contributed by atoms with van der Waals surface area (Å²) in [5.74, 6) is 2.45. The lowest BCUT2D eigenvalue weighted by Gasteiger charge is -2.20. The van der Waals surface area contributed by atoms with Crippen LogP contribution in [0.3, 0.4) is 0 Å². The summed E-state index contributed by atoms with van der Waals surface area (Å²) < 4.78 is 11.3. The van der Waals surface area contributed by atoms with Gasteiger partial charge < -0.3 is 20.1 Å². The summed E-state index contributed by atoms with van der Waals surface area (Å²) in [5.41, 5.74) is 6.88. The van der Waals surface area contributed by atoms with Gasteiger partial charge in [-0.25, -0.2) is 4.98 Å². The maximum atomic E-state index is 6.12. The Labute approximate surface area is 131 Å². The molecule has 0 atom stereocenters. The first-order valence-electron chi connectivity index (χ1n) is 7.76. The van der Waals surface area contributed by atoms with E-state index in [9.17, 15) is 0 Å². The van der Waals surface area contributed by atoms with E-state index < -0.39 is 0 Å². The van der Waals surface area contributed by atoms with Gasteiger partial charge in [-0.05, 0) is 33.8 Å². The molecule has 1 aromatic heterocycles. The standard InChI is InChI=1S/C16H24N4O2/c1-5-20(6-2)16-18-12-10-14(22-8-4)13(21-7-3)9-11(12)15(17)19-16/h9-10H,5-8H2,1-4H3,(H2,17,18,19). The molecule has 0 fully saturated rings. The molecule has 0 bridgehead atoms. The minimum Gasteiger partial charge on any atom is -0.490 e. The molecule has 6 nitrogen and oxygen atoms in total. The van der Waals surface area contributed by atoms with E-state index >= 15 is 0 Å². The van der Waals surface area contributed by atoms with E-state index in [4.69, 9.17) is 15.2 Å². The number of ether oxygens (including phenoxy) is 2. The molecule has 120 valence electrons. The molecule has 0 radical (unpaired) electrons. The largest absolute Gasteiger partial charge is 0.490 e. The zero-order valence-corrected chi connectivity index (χ0v) is 13.7. The summed E-state index contributed by atoms with van der Waals surface area (Å²) in [7, 11) is 0. The van der Waals surface area contributed by atoms with Gasteiger partial charge in [-0.15, -0.1) is 0 Å². The number of nitrogen functional groups attached to an aromatic ring is 1. The van der Waals surface area contributed by atoms with Gasteiger partial charge in [0, 0.05) is 24.5 Å². The van der Waals surface area contributed by atoms with E-state index in [0.717, 1.165) is 24.0 Å². The number of aromatic nitrogens is 2. The maximum absolute atomic E-state index is 6.12. The normalized spacial score (nSPS) is 10.7. The highest BCUT2D eigenvalue weighted by Gasteiger charge is 2.14. The van der Waals surface area contributed by atoms with Gasteiger partial charge in [0.15, 0.2) is 11.5 Å². The van der Waals surface area contributed by atoms with Gasteiger partial charge in [0.05, 0.1) is 18.7 Å². The van der Waals surface area contributed by atoms with Gasteiger partial charge in [0.1, 0.15) is 5.82 Å². The number of hydrogen-bond acceptors (Lipinski definition) is 6. The molecule has 0 unspecified atom stereocenters. The van der Waals surface area contributed by atoms with Crippen LogP contribution in [0.5, 0.6) is 11.5 Å². The molecule has 0 amide bonds. The van der Waals surface area contributed by atoms with E-state index in [1.54, 1.807) is 0 Å². The summed E-state index contributed by atoms with van der Waals surface area (Å²) in [6.45, 7) is 10.8. The van der Waals surface area contributed by atoms with Crippen LogP contribution in [0, 0.1) is 0 Å². The summed E-state index contributed by atoms with van der Waals surface area (Å²) in [6, 6.07) is 3.72. The molecule has 0 saturated carbocycles. The van der Waals surface area contributed by atoms with E-state index in [2.05, 4.69) is 28.7 Å². The van der Waals surface area contributed by atoms with Gasteiger partial charge in [-0.1, -0.05) is 0 Å². The zero-order chi connectivity index (χ0) is 16.1. The lowest BCUT2D eigenvalue weighted by molar-refractivity contribution is 0.288. The van der Waals surface area contributed by atoms with Gasteiger partial charge >= 0.3 is 0 Å². The Hall–Kier alpha value is -2.24. The second kappa shape index (κ2) is 7.15. The Morgan fingerprint density at radius 3 is 2.09 bits per heavy atom. The molecule has 2 aromatic rings. The number of anilines is 2. The molecule has 22 heavy (non-hydrogen) atoms. The molecule has 1 heterocycles. The van der Waals surface area contributed by atoms with Crippen LogP contribution >= 0.6 is 0 Å². The van der Waals surface area contributed by atoms with Crippen LogP contribution in [0.2, 0.25) is 0 Å². The van der Waals surface area contributed by atoms with Gasteiger partial charge in [0.25, 0.3) is 0 Å². The molecule has 6 heteroatoms. The second-order valence-corrected chi connectivity index (χ2v) is 4.76. The smallest absolute Gasteiger partial charge is 0.227 e. The van der Waals surface area contributed by atoms with E-state index in [1.807, 2.05) is 26.0 Å². The second-order valence-electron chi connectivity index (χ2n) is 4.76. The Balaban J connectivity index is 2.59. The molecular formula is C16H24N4O2. The average molecular weight is 304 g/mol. The van der Waals surface area contributed by atoms with Crippen LogP contribution in [0.25, 0.3) is 10.9 Å². The predicted molar refractivity (Wildman–Crippen MR) is 89.8 cm³/mol. The third-order valence-electron chi connectivity index (χ3n) is 3.42. The molecule has 2 rings (SSSR count). The van der Waals surface area contributed by atoms with Gasteiger partial charge in [0.2, 0.25) is 5.95 Å². The first kappa shape index (κ1) is 16.1. The maximum Gasteiger partial charge on any atom is 0.227 e. The average Bonchev–Trinajstić information content (AvgIpc) is 2.50. The quantitative estimate of drug-likeness (QED) is 0.848. The highest BCUT2D eigenvalue weighted by Crippen LogP contribution is 2.34. The zero-order valence-electron chi connectivity index (χ0n) is 13.7. The van der Waals surface area contributed by atoms with Crippen LogP contribution < -0.4 is 20.1 Å². The van der Waals surface area contributed by atoms with Crippen molar-refractivity contribution in [3.05, 3.63) is 12.1 Å². The molecule has 2 N–H and O–H groups in total. The van der Waals surface area contributed by atoms with Crippen molar-refractivity contribution in [1.29, 1.82) is 0 Å².